The molecule has 1 atom stereocenters. The van der Waals surface area contributed by atoms with Crippen molar-refractivity contribution in [1.82, 2.24) is 5.32 Å². The van der Waals surface area contributed by atoms with Crippen LogP contribution in [-0.2, 0) is 16.0 Å². The number of methoxy groups -OCH3 is 1. The standard InChI is InChI=1S/C17H14ClNO3S2/c1-22-17(21)13(19-16(20)15-3-2-6-23-15)7-10-9-24-14-5-4-11(18)8-12(10)14/h2-6,8-9,13H,7H2,1H3,(H,19,20)/t13-/m0/s1. The van der Waals surface area contributed by atoms with Gasteiger partial charge in [-0.1, -0.05) is 17.7 Å². The summed E-state index contributed by atoms with van der Waals surface area (Å²) in [4.78, 5) is 24.9. The number of hydrogen-bond donors (Lipinski definition) is 1. The van der Waals surface area contributed by atoms with Gasteiger partial charge < -0.3 is 10.1 Å². The van der Waals surface area contributed by atoms with Gasteiger partial charge in [-0.2, -0.15) is 0 Å². The van der Waals surface area contributed by atoms with Crippen molar-refractivity contribution in [3.8, 4) is 0 Å². The summed E-state index contributed by atoms with van der Waals surface area (Å²) in [6.45, 7) is 0. The zero-order valence-corrected chi connectivity index (χ0v) is 15.1. The zero-order valence-electron chi connectivity index (χ0n) is 12.7. The fourth-order valence-corrected chi connectivity index (χ4v) is 4.16. The van der Waals surface area contributed by atoms with E-state index in [1.807, 2.05) is 29.0 Å². The van der Waals surface area contributed by atoms with Gasteiger partial charge in [-0.05, 0) is 46.0 Å². The third-order valence-electron chi connectivity index (χ3n) is 3.58. The number of amides is 1. The van der Waals surface area contributed by atoms with E-state index in [9.17, 15) is 9.59 Å². The van der Waals surface area contributed by atoms with Crippen molar-refractivity contribution in [2.75, 3.05) is 7.11 Å². The van der Waals surface area contributed by atoms with Crippen LogP contribution >= 0.6 is 34.3 Å². The highest BCUT2D eigenvalue weighted by Crippen LogP contribution is 2.29. The highest BCUT2D eigenvalue weighted by molar-refractivity contribution is 7.17. The van der Waals surface area contributed by atoms with Crippen LogP contribution in [0.15, 0.2) is 41.1 Å². The Morgan fingerprint density at radius 2 is 2.12 bits per heavy atom. The number of nitrogens with one attached hydrogen (secondary N) is 1. The van der Waals surface area contributed by atoms with E-state index in [1.54, 1.807) is 23.5 Å². The van der Waals surface area contributed by atoms with Crippen molar-refractivity contribution in [2.45, 2.75) is 12.5 Å². The Hall–Kier alpha value is -1.89. The summed E-state index contributed by atoms with van der Waals surface area (Å²) < 4.78 is 5.93. The molecule has 0 saturated heterocycles. The summed E-state index contributed by atoms with van der Waals surface area (Å²) in [5, 5.41) is 8.18. The molecule has 1 amide bonds. The van der Waals surface area contributed by atoms with Crippen molar-refractivity contribution >= 4 is 56.2 Å². The van der Waals surface area contributed by atoms with Gasteiger partial charge in [0.25, 0.3) is 5.91 Å². The van der Waals surface area contributed by atoms with Crippen LogP contribution < -0.4 is 5.32 Å². The Morgan fingerprint density at radius 1 is 1.29 bits per heavy atom. The second-order valence-corrected chi connectivity index (χ2v) is 7.43. The highest BCUT2D eigenvalue weighted by Gasteiger charge is 2.24. The fourth-order valence-electron chi connectivity index (χ4n) is 2.40. The van der Waals surface area contributed by atoms with Crippen LogP contribution in [0.1, 0.15) is 15.2 Å². The summed E-state index contributed by atoms with van der Waals surface area (Å²) in [7, 11) is 1.31. The van der Waals surface area contributed by atoms with Gasteiger partial charge in [-0.25, -0.2) is 4.79 Å². The number of fused-ring (bicyclic) bond motifs is 1. The largest absolute Gasteiger partial charge is 0.467 e. The number of hydrogen-bond acceptors (Lipinski definition) is 5. The molecule has 3 aromatic rings. The first-order chi connectivity index (χ1) is 11.6. The minimum Gasteiger partial charge on any atom is -0.467 e. The molecule has 0 aliphatic heterocycles. The molecule has 0 fully saturated rings. The molecule has 0 aliphatic rings. The smallest absolute Gasteiger partial charge is 0.328 e. The third kappa shape index (κ3) is 3.61. The lowest BCUT2D eigenvalue weighted by Gasteiger charge is -2.16. The van der Waals surface area contributed by atoms with Gasteiger partial charge in [0.1, 0.15) is 6.04 Å². The van der Waals surface area contributed by atoms with Crippen LogP contribution in [-0.4, -0.2) is 25.0 Å². The van der Waals surface area contributed by atoms with Crippen LogP contribution in [0.4, 0.5) is 0 Å². The maximum atomic E-state index is 12.3. The number of benzene rings is 1. The van der Waals surface area contributed by atoms with E-state index in [-0.39, 0.29) is 5.91 Å². The second kappa shape index (κ2) is 7.34. The lowest BCUT2D eigenvalue weighted by Crippen LogP contribution is -2.42. The number of rotatable bonds is 5. The number of ether oxygens (including phenoxy) is 1. The van der Waals surface area contributed by atoms with E-state index >= 15 is 0 Å². The maximum absolute atomic E-state index is 12.3. The Balaban J connectivity index is 1.85. The number of thiophene rings is 2. The van der Waals surface area contributed by atoms with E-state index in [4.69, 9.17) is 16.3 Å². The average molecular weight is 380 g/mol. The van der Waals surface area contributed by atoms with Gasteiger partial charge in [0.2, 0.25) is 0 Å². The Labute approximate surface area is 152 Å². The molecule has 0 unspecified atom stereocenters. The summed E-state index contributed by atoms with van der Waals surface area (Å²) in [6, 6.07) is 8.42. The molecule has 2 aromatic heterocycles. The zero-order chi connectivity index (χ0) is 17.1. The number of carbonyl (C=O) groups is 2. The molecule has 3 rings (SSSR count). The molecule has 0 bridgehead atoms. The summed E-state index contributed by atoms with van der Waals surface area (Å²) >= 11 is 8.97. The number of esters is 1. The van der Waals surface area contributed by atoms with E-state index in [0.29, 0.717) is 16.3 Å². The van der Waals surface area contributed by atoms with Crippen LogP contribution in [0.2, 0.25) is 5.02 Å². The van der Waals surface area contributed by atoms with Crippen LogP contribution in [0.25, 0.3) is 10.1 Å². The van der Waals surface area contributed by atoms with Gasteiger partial charge >= 0.3 is 5.97 Å². The lowest BCUT2D eigenvalue weighted by molar-refractivity contribution is -0.142. The summed E-state index contributed by atoms with van der Waals surface area (Å²) in [6.07, 6.45) is 0.351. The van der Waals surface area contributed by atoms with Gasteiger partial charge in [-0.15, -0.1) is 22.7 Å². The predicted octanol–water partition coefficient (Wildman–Crippen LogP) is 4.13. The van der Waals surface area contributed by atoms with E-state index < -0.39 is 12.0 Å². The fraction of sp³-hybridized carbons (Fsp3) is 0.176. The molecule has 1 aromatic carbocycles. The molecule has 0 radical (unpaired) electrons. The van der Waals surface area contributed by atoms with Gasteiger partial charge in [-0.3, -0.25) is 4.79 Å². The minimum atomic E-state index is -0.749. The molecule has 124 valence electrons. The van der Waals surface area contributed by atoms with Gasteiger partial charge in [0.05, 0.1) is 12.0 Å². The molecule has 2 heterocycles. The monoisotopic (exact) mass is 379 g/mol. The third-order valence-corrected chi connectivity index (χ3v) is 5.69. The second-order valence-electron chi connectivity index (χ2n) is 5.13. The topological polar surface area (TPSA) is 55.4 Å². The van der Waals surface area contributed by atoms with Crippen molar-refractivity contribution in [3.05, 3.63) is 56.6 Å². The van der Waals surface area contributed by atoms with Gasteiger partial charge in [0, 0.05) is 16.1 Å². The Morgan fingerprint density at radius 3 is 2.83 bits per heavy atom. The van der Waals surface area contributed by atoms with Crippen molar-refractivity contribution < 1.29 is 14.3 Å². The normalized spacial score (nSPS) is 12.1. The molecule has 0 saturated carbocycles. The van der Waals surface area contributed by atoms with Crippen LogP contribution in [0.3, 0.4) is 0 Å². The molecule has 24 heavy (non-hydrogen) atoms. The average Bonchev–Trinajstić information content (AvgIpc) is 3.23. The molecule has 7 heteroatoms. The lowest BCUT2D eigenvalue weighted by atomic mass is 10.0. The molecular formula is C17H14ClNO3S2. The first-order valence-electron chi connectivity index (χ1n) is 7.16. The van der Waals surface area contributed by atoms with Crippen LogP contribution in [0, 0.1) is 0 Å². The molecule has 1 N–H and O–H groups in total. The Bertz CT molecular complexity index is 873. The van der Waals surface area contributed by atoms with E-state index in [1.165, 1.54) is 18.4 Å². The highest BCUT2D eigenvalue weighted by atomic mass is 35.5. The summed E-state index contributed by atoms with van der Waals surface area (Å²) in [5.41, 5.74) is 0.958. The number of carbonyl (C=O) groups excluding carboxylic acids is 2. The molecular weight excluding hydrogens is 366 g/mol. The SMILES string of the molecule is COC(=O)[C@H](Cc1csc2ccc(Cl)cc12)NC(=O)c1cccs1. The van der Waals surface area contributed by atoms with Crippen molar-refractivity contribution in [2.24, 2.45) is 0 Å². The predicted molar refractivity (Wildman–Crippen MR) is 98.1 cm³/mol. The quantitative estimate of drug-likeness (QED) is 0.678. The Kier molecular flexibility index (Phi) is 5.18. The van der Waals surface area contributed by atoms with Gasteiger partial charge in [0.15, 0.2) is 0 Å². The molecule has 0 spiro atoms. The first kappa shape index (κ1) is 17.0. The number of halogens is 1. The van der Waals surface area contributed by atoms with E-state index in [2.05, 4.69) is 5.32 Å². The van der Waals surface area contributed by atoms with E-state index in [0.717, 1.165) is 15.6 Å². The molecule has 4 nitrogen and oxygen atoms in total. The van der Waals surface area contributed by atoms with Crippen molar-refractivity contribution in [1.29, 1.82) is 0 Å². The first-order valence-corrected chi connectivity index (χ1v) is 9.30. The minimum absolute atomic E-state index is 0.280. The van der Waals surface area contributed by atoms with Crippen LogP contribution in [0.5, 0.6) is 0 Å². The maximum Gasteiger partial charge on any atom is 0.328 e. The summed E-state index contributed by atoms with van der Waals surface area (Å²) in [5.74, 6) is -0.751. The molecule has 0 aliphatic carbocycles. The van der Waals surface area contributed by atoms with Crippen molar-refractivity contribution in [3.63, 3.8) is 0 Å².